The maximum absolute atomic E-state index is 9.88. The van der Waals surface area contributed by atoms with Crippen LogP contribution in [0.15, 0.2) is 66.9 Å². The Labute approximate surface area is 147 Å². The Balaban J connectivity index is 0.000000211. The molecule has 0 spiro atoms. The van der Waals surface area contributed by atoms with Crippen LogP contribution in [0.2, 0.25) is 0 Å². The molecule has 0 unspecified atom stereocenters. The van der Waals surface area contributed by atoms with E-state index in [1.54, 1.807) is 30.6 Å². The Morgan fingerprint density at radius 1 is 1.00 bits per heavy atom. The van der Waals surface area contributed by atoms with Gasteiger partial charge in [-0.3, -0.25) is 0 Å². The van der Waals surface area contributed by atoms with Gasteiger partial charge < -0.3 is 15.8 Å². The molecule has 0 saturated heterocycles. The van der Waals surface area contributed by atoms with E-state index in [9.17, 15) is 4.79 Å². The van der Waals surface area contributed by atoms with Gasteiger partial charge in [0.05, 0.1) is 6.29 Å². The van der Waals surface area contributed by atoms with Crippen molar-refractivity contribution in [3.8, 4) is 0 Å². The predicted octanol–water partition coefficient (Wildman–Crippen LogP) is 4.59. The van der Waals surface area contributed by atoms with E-state index in [2.05, 4.69) is 69.8 Å². The van der Waals surface area contributed by atoms with Crippen LogP contribution < -0.4 is 4.90 Å². The Morgan fingerprint density at radius 3 is 2.05 bits per heavy atom. The number of halogens is 1. The van der Waals surface area contributed by atoms with Gasteiger partial charge in [-0.05, 0) is 12.1 Å². The third kappa shape index (κ3) is 7.08. The van der Waals surface area contributed by atoms with E-state index in [0.717, 1.165) is 13.0 Å². The molecule has 0 radical (unpaired) electrons. The molecule has 120 valence electrons. The number of hydrogen-bond acceptors (Lipinski definition) is 2. The standard InChI is InChI=1S/C11H12N.C7H5O.BrH.Cu/c1-3-7-11(8-4-1)12-9-5-2-6-10-12;8-6-7-4-2-1-3-5-7;;/h1,3-4,7-8,10H,2,5,9H2;1-5H;1H;/q2*-1;;+1/p-1. The average molecular weight is 407 g/mol. The molecule has 0 N–H and O–H groups in total. The summed E-state index contributed by atoms with van der Waals surface area (Å²) in [5.41, 5.74) is 1.87. The molecule has 0 aliphatic carbocycles. The van der Waals surface area contributed by atoms with E-state index < -0.39 is 0 Å². The minimum atomic E-state index is 0.604. The molecule has 1 aliphatic heterocycles. The van der Waals surface area contributed by atoms with Crippen molar-refractivity contribution in [3.63, 3.8) is 0 Å². The van der Waals surface area contributed by atoms with Gasteiger partial charge in [-0.25, -0.2) is 0 Å². The SMILES string of the molecule is O=[C-]c1ccccc1.[C-]1=CN(c2ccccc2)CCC1.[Cu][Br]. The topological polar surface area (TPSA) is 20.3 Å². The van der Waals surface area contributed by atoms with Crippen LogP contribution in [-0.4, -0.2) is 12.8 Å². The van der Waals surface area contributed by atoms with Crippen LogP contribution in [0, 0.1) is 6.08 Å². The molecule has 0 amide bonds. The number of benzene rings is 2. The van der Waals surface area contributed by atoms with Crippen LogP contribution in [0.25, 0.3) is 0 Å². The van der Waals surface area contributed by atoms with Crippen LogP contribution in [0.3, 0.4) is 0 Å². The Bertz CT molecular complexity index is 546. The van der Waals surface area contributed by atoms with Crippen LogP contribution >= 0.6 is 14.1 Å². The molecule has 1 heterocycles. The molecule has 2 nitrogen and oxygen atoms in total. The number of hydrogen-bond donors (Lipinski definition) is 0. The summed E-state index contributed by atoms with van der Waals surface area (Å²) in [6.07, 6.45) is 9.38. The molecular weight excluding hydrogens is 390 g/mol. The van der Waals surface area contributed by atoms with Gasteiger partial charge in [-0.15, -0.1) is 12.1 Å². The van der Waals surface area contributed by atoms with Crippen LogP contribution in [0.1, 0.15) is 18.4 Å². The van der Waals surface area contributed by atoms with Gasteiger partial charge >= 0.3 is 28.3 Å². The number of allylic oxidation sites excluding steroid dienone is 1. The van der Waals surface area contributed by atoms with Gasteiger partial charge in [0.15, 0.2) is 0 Å². The quantitative estimate of drug-likeness (QED) is 0.537. The van der Waals surface area contributed by atoms with Crippen molar-refractivity contribution in [1.29, 1.82) is 0 Å². The molecule has 1 aliphatic rings. The second kappa shape index (κ2) is 12.2. The first-order valence-corrected chi connectivity index (χ1v) is 9.16. The van der Waals surface area contributed by atoms with Crippen molar-refractivity contribution >= 4 is 26.1 Å². The van der Waals surface area contributed by atoms with Gasteiger partial charge in [0.1, 0.15) is 0 Å². The van der Waals surface area contributed by atoms with Crippen LogP contribution in [0.4, 0.5) is 5.69 Å². The fraction of sp³-hybridized carbons (Fsp3) is 0.167. The van der Waals surface area contributed by atoms with Gasteiger partial charge in [-0.1, -0.05) is 30.7 Å². The van der Waals surface area contributed by atoms with Crippen molar-refractivity contribution in [1.82, 2.24) is 0 Å². The number of nitrogens with zero attached hydrogens (tertiary/aromatic N) is 1. The van der Waals surface area contributed by atoms with E-state index in [0.29, 0.717) is 5.56 Å². The number of para-hydroxylation sites is 1. The van der Waals surface area contributed by atoms with Gasteiger partial charge in [0.2, 0.25) is 0 Å². The normalized spacial score (nSPS) is 12.4. The van der Waals surface area contributed by atoms with E-state index in [-0.39, 0.29) is 0 Å². The molecule has 0 aromatic heterocycles. The molecule has 3 rings (SSSR count). The monoisotopic (exact) mass is 405 g/mol. The maximum atomic E-state index is 9.88. The van der Waals surface area contributed by atoms with E-state index in [4.69, 9.17) is 0 Å². The van der Waals surface area contributed by atoms with Gasteiger partial charge in [0.25, 0.3) is 0 Å². The minimum absolute atomic E-state index is 0.604. The van der Waals surface area contributed by atoms with Crippen molar-refractivity contribution in [2.45, 2.75) is 12.8 Å². The summed E-state index contributed by atoms with van der Waals surface area (Å²) in [5, 5.41) is 0. The van der Waals surface area contributed by atoms with Crippen molar-refractivity contribution in [3.05, 3.63) is 78.5 Å². The fourth-order valence-electron chi connectivity index (χ4n) is 1.92. The summed E-state index contributed by atoms with van der Waals surface area (Å²) in [6, 6.07) is 19.3. The summed E-state index contributed by atoms with van der Waals surface area (Å²) >= 11 is 6.50. The first-order chi connectivity index (χ1) is 10.9. The van der Waals surface area contributed by atoms with Crippen molar-refractivity contribution < 1.29 is 19.0 Å². The Morgan fingerprint density at radius 2 is 1.59 bits per heavy atom. The van der Waals surface area contributed by atoms with E-state index in [1.165, 1.54) is 12.1 Å². The first-order valence-electron chi connectivity index (χ1n) is 6.83. The van der Waals surface area contributed by atoms with Crippen LogP contribution in [0.5, 0.6) is 0 Å². The Hall–Kier alpha value is -1.35. The third-order valence-corrected chi connectivity index (χ3v) is 2.95. The number of rotatable bonds is 2. The van der Waals surface area contributed by atoms with E-state index in [1.807, 2.05) is 12.1 Å². The molecule has 0 saturated carbocycles. The number of anilines is 1. The summed E-state index contributed by atoms with van der Waals surface area (Å²) < 4.78 is 0. The summed E-state index contributed by atoms with van der Waals surface area (Å²) in [6.45, 7) is 1.12. The molecule has 0 fully saturated rings. The predicted molar refractivity (Wildman–Crippen MR) is 91.0 cm³/mol. The summed E-state index contributed by atoms with van der Waals surface area (Å²) in [4.78, 5) is 12.1. The molecule has 2 aromatic carbocycles. The van der Waals surface area contributed by atoms with Crippen LogP contribution in [-0.2, 0) is 19.0 Å². The molecular formula is C18H17BrCuNO-2. The third-order valence-electron chi connectivity index (χ3n) is 2.95. The second-order valence-electron chi connectivity index (χ2n) is 4.43. The van der Waals surface area contributed by atoms with E-state index >= 15 is 0 Å². The second-order valence-corrected chi connectivity index (χ2v) is 4.43. The molecule has 0 bridgehead atoms. The molecule has 2 aromatic rings. The van der Waals surface area contributed by atoms with Crippen molar-refractivity contribution in [2.75, 3.05) is 11.4 Å². The van der Waals surface area contributed by atoms with Crippen molar-refractivity contribution in [2.24, 2.45) is 0 Å². The van der Waals surface area contributed by atoms with Gasteiger partial charge in [-0.2, -0.15) is 30.3 Å². The average Bonchev–Trinajstić information content (AvgIpc) is 2.66. The zero-order valence-corrected chi connectivity index (χ0v) is 14.5. The first kappa shape index (κ1) is 18.7. The molecule has 22 heavy (non-hydrogen) atoms. The zero-order valence-electron chi connectivity index (χ0n) is 12.0. The summed E-state index contributed by atoms with van der Waals surface area (Å²) in [7, 11) is 0. The Kier molecular flexibility index (Phi) is 10.4. The molecule has 0 atom stereocenters. The summed E-state index contributed by atoms with van der Waals surface area (Å²) in [5.74, 6) is 0. The number of carbonyl (C=O) groups excluding carboxylic acids is 1. The molecule has 4 heteroatoms. The van der Waals surface area contributed by atoms with Gasteiger partial charge in [0, 0.05) is 12.2 Å². The fourth-order valence-corrected chi connectivity index (χ4v) is 1.92. The zero-order chi connectivity index (χ0) is 16.0.